The highest BCUT2D eigenvalue weighted by atomic mass is 15.2. The second kappa shape index (κ2) is 5.92. The minimum absolute atomic E-state index is 0.795. The highest BCUT2D eigenvalue weighted by Crippen LogP contribution is 2.33. The molecule has 1 saturated heterocycles. The zero-order chi connectivity index (χ0) is 12.4. The van der Waals surface area contributed by atoms with Crippen LogP contribution in [-0.4, -0.2) is 36.6 Å². The van der Waals surface area contributed by atoms with E-state index in [1.54, 1.807) is 0 Å². The Morgan fingerprint density at radius 2 is 1.78 bits per heavy atom. The molecule has 1 heterocycles. The topological polar surface area (TPSA) is 15.3 Å². The smallest absolute Gasteiger partial charge is 0.0223 e. The quantitative estimate of drug-likeness (QED) is 0.810. The first-order valence-corrected chi connectivity index (χ1v) is 8.30. The Kier molecular flexibility index (Phi) is 4.25. The summed E-state index contributed by atoms with van der Waals surface area (Å²) in [5, 5.41) is 3.85. The van der Waals surface area contributed by atoms with Gasteiger partial charge in [-0.3, -0.25) is 4.90 Å². The second-order valence-electron chi connectivity index (χ2n) is 7.04. The van der Waals surface area contributed by atoms with Gasteiger partial charge in [0, 0.05) is 18.6 Å². The second-order valence-corrected chi connectivity index (χ2v) is 7.04. The Hall–Kier alpha value is -0.0800. The lowest BCUT2D eigenvalue weighted by Gasteiger charge is -2.43. The minimum atomic E-state index is 0.795. The monoisotopic (exact) mass is 250 g/mol. The molecule has 0 aromatic carbocycles. The number of nitrogens with one attached hydrogen (secondary N) is 1. The van der Waals surface area contributed by atoms with E-state index in [0.717, 1.165) is 23.9 Å². The van der Waals surface area contributed by atoms with E-state index in [1.807, 2.05) is 0 Å². The summed E-state index contributed by atoms with van der Waals surface area (Å²) in [5.41, 5.74) is 0. The Bertz CT molecular complexity index is 254. The summed E-state index contributed by atoms with van der Waals surface area (Å²) in [5.74, 6) is 1.95. The molecule has 3 rings (SSSR count). The third-order valence-electron chi connectivity index (χ3n) is 5.54. The third-order valence-corrected chi connectivity index (χ3v) is 5.54. The average Bonchev–Trinajstić information content (AvgIpc) is 2.62. The van der Waals surface area contributed by atoms with Gasteiger partial charge in [0.05, 0.1) is 0 Å². The molecule has 1 unspecified atom stereocenters. The van der Waals surface area contributed by atoms with Crippen LogP contribution >= 0.6 is 0 Å². The maximum atomic E-state index is 3.85. The van der Waals surface area contributed by atoms with Gasteiger partial charge in [-0.15, -0.1) is 0 Å². The van der Waals surface area contributed by atoms with Crippen molar-refractivity contribution in [3.63, 3.8) is 0 Å². The van der Waals surface area contributed by atoms with E-state index in [4.69, 9.17) is 0 Å². The SMILES string of the molecule is CC1CC(N2CCCNC(C3CCCCC3)C2)C1. The molecule has 1 aliphatic heterocycles. The zero-order valence-electron chi connectivity index (χ0n) is 12.0. The van der Waals surface area contributed by atoms with Crippen molar-refractivity contribution < 1.29 is 0 Å². The van der Waals surface area contributed by atoms with Crippen LogP contribution in [0.5, 0.6) is 0 Å². The van der Waals surface area contributed by atoms with Crippen molar-refractivity contribution in [1.82, 2.24) is 10.2 Å². The Balaban J connectivity index is 1.56. The summed E-state index contributed by atoms with van der Waals surface area (Å²) < 4.78 is 0. The molecular formula is C16H30N2. The molecule has 2 nitrogen and oxygen atoms in total. The molecule has 0 bridgehead atoms. The normalized spacial score (nSPS) is 40.2. The fourth-order valence-corrected chi connectivity index (χ4v) is 4.32. The zero-order valence-corrected chi connectivity index (χ0v) is 12.0. The predicted molar refractivity (Wildman–Crippen MR) is 76.7 cm³/mol. The highest BCUT2D eigenvalue weighted by molar-refractivity contribution is 4.91. The Morgan fingerprint density at radius 1 is 1.00 bits per heavy atom. The van der Waals surface area contributed by atoms with E-state index in [9.17, 15) is 0 Å². The molecule has 3 aliphatic rings. The average molecular weight is 250 g/mol. The van der Waals surface area contributed by atoms with Gasteiger partial charge in [-0.25, -0.2) is 0 Å². The van der Waals surface area contributed by atoms with E-state index in [1.165, 1.54) is 71.0 Å². The standard InChI is InChI=1S/C16H30N2/c1-13-10-15(11-13)18-9-5-8-17-16(12-18)14-6-3-2-4-7-14/h13-17H,2-12H2,1H3. The highest BCUT2D eigenvalue weighted by Gasteiger charge is 2.34. The molecule has 2 heteroatoms. The van der Waals surface area contributed by atoms with Crippen LogP contribution < -0.4 is 5.32 Å². The molecule has 2 aliphatic carbocycles. The van der Waals surface area contributed by atoms with Crippen LogP contribution in [0.3, 0.4) is 0 Å². The molecule has 1 N–H and O–H groups in total. The van der Waals surface area contributed by atoms with E-state index in [2.05, 4.69) is 17.1 Å². The fourth-order valence-electron chi connectivity index (χ4n) is 4.32. The molecule has 0 radical (unpaired) electrons. The van der Waals surface area contributed by atoms with Gasteiger partial charge < -0.3 is 5.32 Å². The molecule has 3 fully saturated rings. The predicted octanol–water partition coefficient (Wildman–Crippen LogP) is 3.03. The lowest BCUT2D eigenvalue weighted by Crippen LogP contribution is -2.50. The summed E-state index contributed by atoms with van der Waals surface area (Å²) >= 11 is 0. The van der Waals surface area contributed by atoms with Crippen LogP contribution in [0.1, 0.15) is 58.3 Å². The molecular weight excluding hydrogens is 220 g/mol. The van der Waals surface area contributed by atoms with Gasteiger partial charge in [-0.2, -0.15) is 0 Å². The molecule has 104 valence electrons. The first kappa shape index (κ1) is 12.9. The molecule has 0 amide bonds. The van der Waals surface area contributed by atoms with Gasteiger partial charge in [0.15, 0.2) is 0 Å². The van der Waals surface area contributed by atoms with Gasteiger partial charge in [-0.1, -0.05) is 26.2 Å². The van der Waals surface area contributed by atoms with Gasteiger partial charge in [0.25, 0.3) is 0 Å². The van der Waals surface area contributed by atoms with Crippen molar-refractivity contribution >= 4 is 0 Å². The van der Waals surface area contributed by atoms with Crippen molar-refractivity contribution in [2.24, 2.45) is 11.8 Å². The van der Waals surface area contributed by atoms with E-state index < -0.39 is 0 Å². The van der Waals surface area contributed by atoms with Crippen molar-refractivity contribution in [2.75, 3.05) is 19.6 Å². The Labute approximate surface area is 113 Å². The van der Waals surface area contributed by atoms with Crippen LogP contribution in [0.15, 0.2) is 0 Å². The summed E-state index contributed by atoms with van der Waals surface area (Å²) in [4.78, 5) is 2.82. The van der Waals surface area contributed by atoms with Gasteiger partial charge in [-0.05, 0) is 57.0 Å². The van der Waals surface area contributed by atoms with E-state index in [0.29, 0.717) is 0 Å². The molecule has 2 saturated carbocycles. The van der Waals surface area contributed by atoms with Crippen LogP contribution in [0, 0.1) is 11.8 Å². The largest absolute Gasteiger partial charge is 0.312 e. The summed E-state index contributed by atoms with van der Waals surface area (Å²) in [6, 6.07) is 1.72. The molecule has 0 aromatic heterocycles. The maximum Gasteiger partial charge on any atom is 0.0223 e. The lowest BCUT2D eigenvalue weighted by molar-refractivity contribution is 0.0753. The van der Waals surface area contributed by atoms with Gasteiger partial charge >= 0.3 is 0 Å². The minimum Gasteiger partial charge on any atom is -0.312 e. The molecule has 0 aromatic rings. The van der Waals surface area contributed by atoms with E-state index in [-0.39, 0.29) is 0 Å². The van der Waals surface area contributed by atoms with Gasteiger partial charge in [0.1, 0.15) is 0 Å². The van der Waals surface area contributed by atoms with E-state index >= 15 is 0 Å². The Morgan fingerprint density at radius 3 is 2.50 bits per heavy atom. The molecule has 0 spiro atoms. The maximum absolute atomic E-state index is 3.85. The third kappa shape index (κ3) is 2.91. The van der Waals surface area contributed by atoms with Crippen LogP contribution in [0.4, 0.5) is 0 Å². The molecule has 18 heavy (non-hydrogen) atoms. The summed E-state index contributed by atoms with van der Waals surface area (Å²) in [7, 11) is 0. The number of rotatable bonds is 2. The van der Waals surface area contributed by atoms with Crippen LogP contribution in [0.2, 0.25) is 0 Å². The van der Waals surface area contributed by atoms with Gasteiger partial charge in [0.2, 0.25) is 0 Å². The lowest BCUT2D eigenvalue weighted by atomic mass is 9.79. The van der Waals surface area contributed by atoms with Crippen LogP contribution in [0.25, 0.3) is 0 Å². The van der Waals surface area contributed by atoms with Crippen molar-refractivity contribution in [2.45, 2.75) is 70.4 Å². The summed E-state index contributed by atoms with van der Waals surface area (Å²) in [6.07, 6.45) is 11.7. The number of hydrogen-bond acceptors (Lipinski definition) is 2. The van der Waals surface area contributed by atoms with Crippen molar-refractivity contribution in [3.8, 4) is 0 Å². The van der Waals surface area contributed by atoms with Crippen LogP contribution in [-0.2, 0) is 0 Å². The number of nitrogens with zero attached hydrogens (tertiary/aromatic N) is 1. The fraction of sp³-hybridized carbons (Fsp3) is 1.00. The number of hydrogen-bond donors (Lipinski definition) is 1. The summed E-state index contributed by atoms with van der Waals surface area (Å²) in [6.45, 7) is 6.33. The first-order chi connectivity index (χ1) is 8.83. The molecule has 1 atom stereocenters. The first-order valence-electron chi connectivity index (χ1n) is 8.30. The van der Waals surface area contributed by atoms with Crippen molar-refractivity contribution in [3.05, 3.63) is 0 Å². The van der Waals surface area contributed by atoms with Crippen molar-refractivity contribution in [1.29, 1.82) is 0 Å².